The number of carbonyl (C=O) groups excluding carboxylic acids is 2. The minimum absolute atomic E-state index is 0.120. The summed E-state index contributed by atoms with van der Waals surface area (Å²) in [6, 6.07) is 9.32. The highest BCUT2D eigenvalue weighted by molar-refractivity contribution is 7.10. The molecule has 5 rings (SSSR count). The highest BCUT2D eigenvalue weighted by Gasteiger charge is 2.55. The van der Waals surface area contributed by atoms with E-state index in [2.05, 4.69) is 28.6 Å². The Hall–Kier alpha value is -2.58. The minimum atomic E-state index is -0.824. The highest BCUT2D eigenvalue weighted by atomic mass is 32.1. The molecule has 0 spiro atoms. The zero-order chi connectivity index (χ0) is 23.0. The van der Waals surface area contributed by atoms with Gasteiger partial charge in [0.15, 0.2) is 17.6 Å². The van der Waals surface area contributed by atoms with Crippen molar-refractivity contribution in [1.82, 2.24) is 15.1 Å². The van der Waals surface area contributed by atoms with Gasteiger partial charge in [-0.1, -0.05) is 19.1 Å². The molecule has 1 aromatic carbocycles. The van der Waals surface area contributed by atoms with Crippen LogP contribution in [0.1, 0.15) is 36.6 Å². The van der Waals surface area contributed by atoms with Gasteiger partial charge in [0.25, 0.3) is 5.91 Å². The molecular formula is C25H31N3O4S. The van der Waals surface area contributed by atoms with Gasteiger partial charge in [0, 0.05) is 11.4 Å². The maximum absolute atomic E-state index is 13.6. The maximum atomic E-state index is 13.6. The van der Waals surface area contributed by atoms with Crippen LogP contribution in [0.2, 0.25) is 0 Å². The van der Waals surface area contributed by atoms with Gasteiger partial charge in [-0.05, 0) is 74.3 Å². The summed E-state index contributed by atoms with van der Waals surface area (Å²) in [5.41, 5.74) is 0.521. The first kappa shape index (κ1) is 22.2. The van der Waals surface area contributed by atoms with Gasteiger partial charge in [0.2, 0.25) is 0 Å². The number of likely N-dealkylation sites (tertiary alicyclic amines) is 1. The molecule has 0 unspecified atom stereocenters. The minimum Gasteiger partial charge on any atom is -0.486 e. The average molecular weight is 470 g/mol. The molecule has 4 heterocycles. The zero-order valence-electron chi connectivity index (χ0n) is 19.2. The Kier molecular flexibility index (Phi) is 6.05. The van der Waals surface area contributed by atoms with Crippen molar-refractivity contribution in [3.05, 3.63) is 46.2 Å². The largest absolute Gasteiger partial charge is 0.486 e. The summed E-state index contributed by atoms with van der Waals surface area (Å²) in [6.45, 7) is 7.49. The second kappa shape index (κ2) is 8.99. The third kappa shape index (κ3) is 4.10. The van der Waals surface area contributed by atoms with Crippen LogP contribution in [0.3, 0.4) is 0 Å². The Labute approximate surface area is 198 Å². The van der Waals surface area contributed by atoms with Crippen molar-refractivity contribution in [2.24, 2.45) is 5.92 Å². The van der Waals surface area contributed by atoms with Gasteiger partial charge >= 0.3 is 6.03 Å². The van der Waals surface area contributed by atoms with E-state index >= 15 is 0 Å². The highest BCUT2D eigenvalue weighted by Crippen LogP contribution is 2.37. The molecule has 2 saturated heterocycles. The summed E-state index contributed by atoms with van der Waals surface area (Å²) in [6.07, 6.45) is 2.01. The molecule has 0 saturated carbocycles. The molecule has 2 atom stereocenters. The fraction of sp³-hybridized carbons (Fsp3) is 0.520. The van der Waals surface area contributed by atoms with E-state index in [1.807, 2.05) is 31.2 Å². The second-order valence-electron chi connectivity index (χ2n) is 9.25. The van der Waals surface area contributed by atoms with Gasteiger partial charge in [0.05, 0.1) is 6.54 Å². The number of ether oxygens (including phenoxy) is 2. The van der Waals surface area contributed by atoms with Crippen LogP contribution in [-0.2, 0) is 11.3 Å². The Bertz CT molecular complexity index is 1030. The van der Waals surface area contributed by atoms with Crippen LogP contribution in [0.25, 0.3) is 0 Å². The molecule has 3 aliphatic rings. The first-order valence-corrected chi connectivity index (χ1v) is 12.7. The summed E-state index contributed by atoms with van der Waals surface area (Å²) in [4.78, 5) is 31.7. The second-order valence-corrected chi connectivity index (χ2v) is 10.2. The van der Waals surface area contributed by atoms with E-state index in [0.29, 0.717) is 24.5 Å². The van der Waals surface area contributed by atoms with Crippen LogP contribution >= 0.6 is 11.3 Å². The van der Waals surface area contributed by atoms with E-state index in [9.17, 15) is 9.59 Å². The molecule has 176 valence electrons. The lowest BCUT2D eigenvalue weighted by atomic mass is 9.75. The van der Waals surface area contributed by atoms with Crippen LogP contribution in [0.4, 0.5) is 4.79 Å². The van der Waals surface area contributed by atoms with Crippen LogP contribution in [0, 0.1) is 12.8 Å². The number of benzene rings is 1. The van der Waals surface area contributed by atoms with Gasteiger partial charge in [-0.3, -0.25) is 14.6 Å². The van der Waals surface area contributed by atoms with E-state index in [1.54, 1.807) is 11.3 Å². The number of amides is 3. The number of nitrogens with one attached hydrogen (secondary N) is 1. The summed E-state index contributed by atoms with van der Waals surface area (Å²) in [5, 5.41) is 5.23. The van der Waals surface area contributed by atoms with Crippen molar-refractivity contribution in [2.75, 3.05) is 26.2 Å². The number of piperidine rings is 1. The fourth-order valence-electron chi connectivity index (χ4n) is 5.33. The van der Waals surface area contributed by atoms with Crippen molar-refractivity contribution < 1.29 is 19.1 Å². The third-order valence-corrected chi connectivity index (χ3v) is 8.34. The first-order chi connectivity index (χ1) is 16.0. The van der Waals surface area contributed by atoms with Gasteiger partial charge in [-0.25, -0.2) is 4.79 Å². The number of urea groups is 1. The fourth-order valence-corrected chi connectivity index (χ4v) is 6.27. The molecule has 0 aliphatic carbocycles. The Morgan fingerprint density at radius 3 is 2.61 bits per heavy atom. The molecule has 1 aromatic heterocycles. The van der Waals surface area contributed by atoms with Crippen LogP contribution in [0.5, 0.6) is 11.5 Å². The van der Waals surface area contributed by atoms with E-state index < -0.39 is 5.54 Å². The number of imide groups is 1. The van der Waals surface area contributed by atoms with E-state index in [1.165, 1.54) is 15.3 Å². The first-order valence-electron chi connectivity index (χ1n) is 11.8. The summed E-state index contributed by atoms with van der Waals surface area (Å²) < 4.78 is 11.8. The third-order valence-electron chi connectivity index (χ3n) is 7.33. The number of fused-ring (bicyclic) bond motifs is 1. The van der Waals surface area contributed by atoms with Crippen LogP contribution in [0.15, 0.2) is 35.7 Å². The van der Waals surface area contributed by atoms with E-state index in [0.717, 1.165) is 32.5 Å². The van der Waals surface area contributed by atoms with Crippen molar-refractivity contribution in [3.63, 3.8) is 0 Å². The molecule has 7 nitrogen and oxygen atoms in total. The smallest absolute Gasteiger partial charge is 0.325 e. The van der Waals surface area contributed by atoms with E-state index in [-0.39, 0.29) is 30.5 Å². The molecule has 3 amide bonds. The van der Waals surface area contributed by atoms with Gasteiger partial charge in [-0.2, -0.15) is 0 Å². The molecule has 33 heavy (non-hydrogen) atoms. The maximum Gasteiger partial charge on any atom is 0.325 e. The van der Waals surface area contributed by atoms with Crippen molar-refractivity contribution in [1.29, 1.82) is 0 Å². The van der Waals surface area contributed by atoms with Crippen molar-refractivity contribution in [2.45, 2.75) is 51.3 Å². The van der Waals surface area contributed by atoms with Gasteiger partial charge in [-0.15, -0.1) is 11.3 Å². The number of para-hydroxylation sites is 2. The van der Waals surface area contributed by atoms with Gasteiger partial charge < -0.3 is 14.8 Å². The lowest BCUT2D eigenvalue weighted by Gasteiger charge is -2.40. The SMILES string of the molecule is CC[C@@]1(C2CCN(Cc3sccc3C)CC2)NC(=O)N(C[C@@H]2COc3ccccc3O2)C1=O. The standard InChI is InChI=1S/C25H31N3O4S/c1-3-25(18-8-11-27(12-9-18)15-22-17(2)10-13-33-22)23(29)28(24(30)26-25)14-19-16-31-20-6-4-5-7-21(20)32-19/h4-7,10,13,18-19H,3,8-9,11-12,14-16H2,1-2H3,(H,26,30)/t19-,25+/m1/s1. The molecule has 0 radical (unpaired) electrons. The number of carbonyl (C=O) groups is 2. The lowest BCUT2D eigenvalue weighted by Crippen LogP contribution is -2.56. The number of thiophene rings is 1. The average Bonchev–Trinajstić information content (AvgIpc) is 3.35. The van der Waals surface area contributed by atoms with Crippen molar-refractivity contribution in [3.8, 4) is 11.5 Å². The predicted molar refractivity (Wildman–Crippen MR) is 127 cm³/mol. The van der Waals surface area contributed by atoms with Crippen LogP contribution < -0.4 is 14.8 Å². The normalized spacial score (nSPS) is 26.0. The molecule has 2 fully saturated rings. The Morgan fingerprint density at radius 1 is 1.15 bits per heavy atom. The molecule has 0 bridgehead atoms. The number of aryl methyl sites for hydroxylation is 1. The number of hydrogen-bond donors (Lipinski definition) is 1. The molecular weight excluding hydrogens is 438 g/mol. The summed E-state index contributed by atoms with van der Waals surface area (Å²) in [7, 11) is 0. The topological polar surface area (TPSA) is 71.1 Å². The van der Waals surface area contributed by atoms with Gasteiger partial charge in [0.1, 0.15) is 12.1 Å². The molecule has 2 aromatic rings. The molecule has 3 aliphatic heterocycles. The number of nitrogens with zero attached hydrogens (tertiary/aromatic N) is 2. The zero-order valence-corrected chi connectivity index (χ0v) is 20.0. The number of hydrogen-bond acceptors (Lipinski definition) is 6. The molecule has 1 N–H and O–H groups in total. The monoisotopic (exact) mass is 469 g/mol. The van der Waals surface area contributed by atoms with Crippen LogP contribution in [-0.4, -0.2) is 59.6 Å². The van der Waals surface area contributed by atoms with Crippen molar-refractivity contribution >= 4 is 23.3 Å². The van der Waals surface area contributed by atoms with E-state index in [4.69, 9.17) is 9.47 Å². The Morgan fingerprint density at radius 2 is 1.91 bits per heavy atom. The molecule has 8 heteroatoms. The number of rotatable bonds is 6. The summed E-state index contributed by atoms with van der Waals surface area (Å²) >= 11 is 1.80. The lowest BCUT2D eigenvalue weighted by molar-refractivity contribution is -0.135. The summed E-state index contributed by atoms with van der Waals surface area (Å²) in [5.74, 6) is 1.35. The predicted octanol–water partition coefficient (Wildman–Crippen LogP) is 3.81. The Balaban J connectivity index is 1.23. The quantitative estimate of drug-likeness (QED) is 0.652.